The van der Waals surface area contributed by atoms with Crippen LogP contribution < -0.4 is 20.1 Å². The van der Waals surface area contributed by atoms with Crippen molar-refractivity contribution in [1.29, 1.82) is 0 Å². The lowest BCUT2D eigenvalue weighted by atomic mass is 9.77. The molecule has 2 fully saturated rings. The lowest BCUT2D eigenvalue weighted by Crippen LogP contribution is -2.43. The van der Waals surface area contributed by atoms with E-state index in [0.717, 1.165) is 66.8 Å². The molecule has 3 aliphatic rings. The maximum atomic E-state index is 13.6. The summed E-state index contributed by atoms with van der Waals surface area (Å²) in [5.74, 6) is 1.81. The lowest BCUT2D eigenvalue weighted by Gasteiger charge is -2.31. The number of benzene rings is 2. The van der Waals surface area contributed by atoms with Crippen molar-refractivity contribution < 1.29 is 19.1 Å². The fourth-order valence-corrected chi connectivity index (χ4v) is 4.83. The van der Waals surface area contributed by atoms with Gasteiger partial charge in [-0.3, -0.25) is 9.59 Å². The molecule has 0 radical (unpaired) electrons. The zero-order valence-electron chi connectivity index (χ0n) is 18.5. The predicted octanol–water partition coefficient (Wildman–Crippen LogP) is 4.50. The van der Waals surface area contributed by atoms with Crippen molar-refractivity contribution in [3.8, 4) is 11.5 Å². The van der Waals surface area contributed by atoms with E-state index >= 15 is 0 Å². The fourth-order valence-electron chi connectivity index (χ4n) is 4.83. The van der Waals surface area contributed by atoms with Gasteiger partial charge in [-0.1, -0.05) is 31.0 Å². The number of ether oxygens (including phenoxy) is 2. The normalized spacial score (nSPS) is 19.8. The van der Waals surface area contributed by atoms with Crippen LogP contribution in [-0.2, 0) is 15.0 Å². The van der Waals surface area contributed by atoms with Crippen LogP contribution in [0.1, 0.15) is 62.6 Å². The van der Waals surface area contributed by atoms with Crippen LogP contribution >= 0.6 is 0 Å². The number of carbonyl (C=O) groups excluding carboxylic acids is 2. The summed E-state index contributed by atoms with van der Waals surface area (Å²) in [5, 5.41) is 6.21. The number of nitrogens with one attached hydrogen (secondary N) is 2. The van der Waals surface area contributed by atoms with Gasteiger partial charge < -0.3 is 20.1 Å². The Labute approximate surface area is 188 Å². The van der Waals surface area contributed by atoms with Crippen LogP contribution in [0.2, 0.25) is 0 Å². The summed E-state index contributed by atoms with van der Waals surface area (Å²) in [6.45, 7) is 3.09. The largest absolute Gasteiger partial charge is 0.486 e. The zero-order valence-corrected chi connectivity index (χ0v) is 18.5. The molecule has 0 bridgehead atoms. The third kappa shape index (κ3) is 4.06. The topological polar surface area (TPSA) is 76.7 Å². The first-order chi connectivity index (χ1) is 15.5. The molecule has 5 rings (SSSR count). The van der Waals surface area contributed by atoms with E-state index in [4.69, 9.17) is 9.47 Å². The summed E-state index contributed by atoms with van der Waals surface area (Å²) in [5.41, 5.74) is 2.27. The molecule has 0 aromatic heterocycles. The molecule has 6 heteroatoms. The molecule has 1 heterocycles. The highest BCUT2D eigenvalue weighted by Crippen LogP contribution is 2.44. The van der Waals surface area contributed by atoms with E-state index in [1.54, 1.807) is 0 Å². The van der Waals surface area contributed by atoms with Crippen molar-refractivity contribution in [3.63, 3.8) is 0 Å². The fraction of sp³-hybridized carbons (Fsp3) is 0.462. The van der Waals surface area contributed by atoms with Gasteiger partial charge in [0.25, 0.3) is 0 Å². The van der Waals surface area contributed by atoms with Gasteiger partial charge in [0.15, 0.2) is 11.5 Å². The zero-order chi connectivity index (χ0) is 22.1. The van der Waals surface area contributed by atoms with Crippen LogP contribution in [0, 0.1) is 5.92 Å². The molecule has 0 saturated heterocycles. The van der Waals surface area contributed by atoms with Gasteiger partial charge in [-0.05, 0) is 68.0 Å². The second-order valence-corrected chi connectivity index (χ2v) is 9.23. The Balaban J connectivity index is 1.30. The average Bonchev–Trinajstić information content (AvgIpc) is 3.55. The Kier molecular flexibility index (Phi) is 5.53. The number of carbonyl (C=O) groups is 2. The van der Waals surface area contributed by atoms with Crippen molar-refractivity contribution in [2.75, 3.05) is 18.5 Å². The van der Waals surface area contributed by atoms with Gasteiger partial charge >= 0.3 is 0 Å². The molecule has 168 valence electrons. The molecule has 6 nitrogen and oxygen atoms in total. The van der Waals surface area contributed by atoms with E-state index in [9.17, 15) is 9.59 Å². The van der Waals surface area contributed by atoms with E-state index in [2.05, 4.69) is 10.6 Å². The minimum absolute atomic E-state index is 0.0605. The number of amides is 2. The molecule has 1 aliphatic heterocycles. The summed E-state index contributed by atoms with van der Waals surface area (Å²) in [7, 11) is 0. The number of hydrogen-bond acceptors (Lipinski definition) is 4. The molecule has 32 heavy (non-hydrogen) atoms. The molecule has 0 unspecified atom stereocenters. The van der Waals surface area contributed by atoms with Crippen molar-refractivity contribution in [2.45, 2.75) is 56.9 Å². The van der Waals surface area contributed by atoms with E-state index in [-0.39, 0.29) is 23.8 Å². The minimum atomic E-state index is -0.539. The Morgan fingerprint density at radius 3 is 2.34 bits per heavy atom. The molecule has 0 spiro atoms. The molecule has 2 aliphatic carbocycles. The maximum absolute atomic E-state index is 13.6. The Hall–Kier alpha value is -3.02. The summed E-state index contributed by atoms with van der Waals surface area (Å²) in [6, 6.07) is 13.6. The predicted molar refractivity (Wildman–Crippen MR) is 122 cm³/mol. The van der Waals surface area contributed by atoms with E-state index in [1.807, 2.05) is 49.4 Å². The van der Waals surface area contributed by atoms with E-state index in [0.29, 0.717) is 13.2 Å². The SMILES string of the molecule is C[C@H](NC(=O)C1(c2ccc3c(c2)OCCO3)CCCC1)c1ccc(NC(=O)C2CC2)cc1. The van der Waals surface area contributed by atoms with Gasteiger partial charge in [0.1, 0.15) is 13.2 Å². The van der Waals surface area contributed by atoms with Gasteiger partial charge in [0, 0.05) is 11.6 Å². The van der Waals surface area contributed by atoms with E-state index < -0.39 is 5.41 Å². The van der Waals surface area contributed by atoms with Gasteiger partial charge in [-0.15, -0.1) is 0 Å². The summed E-state index contributed by atoms with van der Waals surface area (Å²) < 4.78 is 11.4. The molecule has 1 atom stereocenters. The quantitative estimate of drug-likeness (QED) is 0.702. The number of fused-ring (bicyclic) bond motifs is 1. The Morgan fingerprint density at radius 1 is 0.969 bits per heavy atom. The second kappa shape index (κ2) is 8.49. The van der Waals surface area contributed by atoms with Crippen LogP contribution in [0.4, 0.5) is 5.69 Å². The first-order valence-corrected chi connectivity index (χ1v) is 11.7. The van der Waals surface area contributed by atoms with Crippen molar-refractivity contribution in [2.24, 2.45) is 5.92 Å². The van der Waals surface area contributed by atoms with Crippen LogP contribution in [0.5, 0.6) is 11.5 Å². The molecular formula is C26H30N2O4. The van der Waals surface area contributed by atoms with Crippen molar-refractivity contribution in [3.05, 3.63) is 53.6 Å². The average molecular weight is 435 g/mol. The Bertz CT molecular complexity index is 1010. The highest BCUT2D eigenvalue weighted by molar-refractivity contribution is 5.94. The van der Waals surface area contributed by atoms with E-state index in [1.165, 1.54) is 0 Å². The first kappa shape index (κ1) is 20.9. The maximum Gasteiger partial charge on any atom is 0.231 e. The second-order valence-electron chi connectivity index (χ2n) is 9.23. The first-order valence-electron chi connectivity index (χ1n) is 11.7. The van der Waals surface area contributed by atoms with Crippen LogP contribution in [0.3, 0.4) is 0 Å². The van der Waals surface area contributed by atoms with Crippen LogP contribution in [0.25, 0.3) is 0 Å². The summed E-state index contributed by atoms with van der Waals surface area (Å²) >= 11 is 0. The highest BCUT2D eigenvalue weighted by atomic mass is 16.6. The smallest absolute Gasteiger partial charge is 0.231 e. The van der Waals surface area contributed by atoms with Crippen LogP contribution in [0.15, 0.2) is 42.5 Å². The molecule has 2 aromatic carbocycles. The third-order valence-electron chi connectivity index (χ3n) is 6.96. The third-order valence-corrected chi connectivity index (χ3v) is 6.96. The molecule has 2 amide bonds. The minimum Gasteiger partial charge on any atom is -0.486 e. The van der Waals surface area contributed by atoms with Crippen molar-refractivity contribution in [1.82, 2.24) is 5.32 Å². The lowest BCUT2D eigenvalue weighted by molar-refractivity contribution is -0.127. The monoisotopic (exact) mass is 434 g/mol. The van der Waals surface area contributed by atoms with Gasteiger partial charge in [0.05, 0.1) is 11.5 Å². The van der Waals surface area contributed by atoms with Crippen LogP contribution in [-0.4, -0.2) is 25.0 Å². The highest BCUT2D eigenvalue weighted by Gasteiger charge is 2.43. The molecule has 2 N–H and O–H groups in total. The molecular weight excluding hydrogens is 404 g/mol. The Morgan fingerprint density at radius 2 is 1.66 bits per heavy atom. The summed E-state index contributed by atoms with van der Waals surface area (Å²) in [6.07, 6.45) is 5.70. The van der Waals surface area contributed by atoms with Gasteiger partial charge in [0.2, 0.25) is 11.8 Å². The molecule has 2 aromatic rings. The molecule has 2 saturated carbocycles. The number of hydrogen-bond donors (Lipinski definition) is 2. The summed E-state index contributed by atoms with van der Waals surface area (Å²) in [4.78, 5) is 25.5. The standard InChI is InChI=1S/C26H30N2O4/c1-17(18-6-9-21(10-7-18)28-24(29)19-4-5-19)27-25(30)26(12-2-3-13-26)20-8-11-22-23(16-20)32-15-14-31-22/h6-11,16-17,19H,2-5,12-15H2,1H3,(H,27,30)(H,28,29)/t17-/m0/s1. The number of anilines is 1. The number of rotatable bonds is 6. The van der Waals surface area contributed by atoms with Crippen molar-refractivity contribution >= 4 is 17.5 Å². The van der Waals surface area contributed by atoms with Gasteiger partial charge in [-0.2, -0.15) is 0 Å². The van der Waals surface area contributed by atoms with Gasteiger partial charge in [-0.25, -0.2) is 0 Å².